The third-order valence-corrected chi connectivity index (χ3v) is 4.04. The molecule has 1 aromatic rings. The van der Waals surface area contributed by atoms with Crippen LogP contribution < -0.4 is 10.6 Å². The van der Waals surface area contributed by atoms with Gasteiger partial charge in [0.15, 0.2) is 0 Å². The minimum Gasteiger partial charge on any atom is -0.363 e. The molecule has 2 saturated heterocycles. The van der Waals surface area contributed by atoms with E-state index in [0.29, 0.717) is 18.1 Å². The van der Waals surface area contributed by atoms with Gasteiger partial charge in [-0.2, -0.15) is 5.10 Å². The van der Waals surface area contributed by atoms with Gasteiger partial charge in [-0.05, 0) is 32.6 Å². The van der Waals surface area contributed by atoms with Crippen LogP contribution in [-0.2, 0) is 7.05 Å². The number of hydrogen-bond donors (Lipinski definition) is 1. The number of rotatable bonds is 1. The first-order chi connectivity index (χ1) is 7.65. The lowest BCUT2D eigenvalue weighted by Crippen LogP contribution is -2.47. The number of piperidine rings is 1. The Balaban J connectivity index is 1.93. The van der Waals surface area contributed by atoms with Gasteiger partial charge in [-0.1, -0.05) is 0 Å². The van der Waals surface area contributed by atoms with Crippen LogP contribution in [0.4, 0.5) is 5.69 Å². The molecule has 16 heavy (non-hydrogen) atoms. The molecule has 88 valence electrons. The van der Waals surface area contributed by atoms with E-state index in [9.17, 15) is 0 Å². The molecule has 2 fully saturated rings. The van der Waals surface area contributed by atoms with Gasteiger partial charge in [0.25, 0.3) is 0 Å². The molecular formula is C12H20N4. The standard InChI is InChI=1S/C12H20N4/c1-8-12(7-15(2)14-8)16-10-3-4-11(16)6-9(13)5-10/h7,9-11H,3-6,13H2,1-2H3. The molecule has 4 nitrogen and oxygen atoms in total. The number of anilines is 1. The topological polar surface area (TPSA) is 47.1 Å². The highest BCUT2D eigenvalue weighted by atomic mass is 15.3. The molecule has 1 aromatic heterocycles. The van der Waals surface area contributed by atoms with Crippen molar-refractivity contribution in [3.63, 3.8) is 0 Å². The second-order valence-electron chi connectivity index (χ2n) is 5.30. The van der Waals surface area contributed by atoms with Gasteiger partial charge < -0.3 is 10.6 Å². The van der Waals surface area contributed by atoms with Gasteiger partial charge in [-0.25, -0.2) is 0 Å². The molecule has 2 aliphatic heterocycles. The normalized spacial score (nSPS) is 33.4. The van der Waals surface area contributed by atoms with Crippen molar-refractivity contribution < 1.29 is 0 Å². The Morgan fingerprint density at radius 3 is 2.44 bits per heavy atom. The Bertz CT molecular complexity index is 384. The Kier molecular flexibility index (Phi) is 2.21. The average Bonchev–Trinajstić information content (AvgIpc) is 2.65. The number of hydrogen-bond acceptors (Lipinski definition) is 3. The summed E-state index contributed by atoms with van der Waals surface area (Å²) in [4.78, 5) is 2.58. The minimum absolute atomic E-state index is 0.408. The molecule has 0 spiro atoms. The minimum atomic E-state index is 0.408. The molecule has 2 atom stereocenters. The van der Waals surface area contributed by atoms with Crippen molar-refractivity contribution in [3.05, 3.63) is 11.9 Å². The van der Waals surface area contributed by atoms with Crippen LogP contribution in [0.15, 0.2) is 6.20 Å². The Morgan fingerprint density at radius 2 is 1.94 bits per heavy atom. The summed E-state index contributed by atoms with van der Waals surface area (Å²) >= 11 is 0. The van der Waals surface area contributed by atoms with Gasteiger partial charge in [0, 0.05) is 31.4 Å². The second kappa shape index (κ2) is 3.48. The predicted molar refractivity (Wildman–Crippen MR) is 64.4 cm³/mol. The highest BCUT2D eigenvalue weighted by molar-refractivity contribution is 5.52. The van der Waals surface area contributed by atoms with E-state index >= 15 is 0 Å². The third kappa shape index (κ3) is 1.44. The van der Waals surface area contributed by atoms with E-state index in [0.717, 1.165) is 18.5 Å². The van der Waals surface area contributed by atoms with Crippen molar-refractivity contribution in [1.82, 2.24) is 9.78 Å². The summed E-state index contributed by atoms with van der Waals surface area (Å²) in [6, 6.07) is 1.71. The van der Waals surface area contributed by atoms with Crippen LogP contribution in [0.3, 0.4) is 0 Å². The number of aromatic nitrogens is 2. The Hall–Kier alpha value is -1.03. The monoisotopic (exact) mass is 220 g/mol. The summed E-state index contributed by atoms with van der Waals surface area (Å²) in [6.45, 7) is 2.10. The first-order valence-electron chi connectivity index (χ1n) is 6.19. The highest BCUT2D eigenvalue weighted by Gasteiger charge is 2.40. The zero-order valence-electron chi connectivity index (χ0n) is 10.1. The summed E-state index contributed by atoms with van der Waals surface area (Å²) in [7, 11) is 1.99. The quantitative estimate of drug-likeness (QED) is 0.773. The molecule has 0 aromatic carbocycles. The van der Waals surface area contributed by atoms with Crippen LogP contribution in [0.25, 0.3) is 0 Å². The van der Waals surface area contributed by atoms with Crippen molar-refractivity contribution >= 4 is 5.69 Å². The fraction of sp³-hybridized carbons (Fsp3) is 0.750. The van der Waals surface area contributed by atoms with Gasteiger partial charge >= 0.3 is 0 Å². The van der Waals surface area contributed by atoms with Crippen LogP contribution in [0, 0.1) is 6.92 Å². The van der Waals surface area contributed by atoms with Gasteiger partial charge in [0.1, 0.15) is 0 Å². The second-order valence-corrected chi connectivity index (χ2v) is 5.30. The lowest BCUT2D eigenvalue weighted by atomic mass is 9.97. The maximum atomic E-state index is 6.09. The lowest BCUT2D eigenvalue weighted by Gasteiger charge is -2.39. The third-order valence-electron chi connectivity index (χ3n) is 4.04. The van der Waals surface area contributed by atoms with Gasteiger partial charge in [0.2, 0.25) is 0 Å². The van der Waals surface area contributed by atoms with E-state index in [1.165, 1.54) is 18.5 Å². The van der Waals surface area contributed by atoms with E-state index in [1.54, 1.807) is 0 Å². The fourth-order valence-corrected chi connectivity index (χ4v) is 3.45. The van der Waals surface area contributed by atoms with Crippen LogP contribution >= 0.6 is 0 Å². The van der Waals surface area contributed by atoms with Crippen LogP contribution in [0.5, 0.6) is 0 Å². The van der Waals surface area contributed by atoms with Crippen molar-refractivity contribution in [3.8, 4) is 0 Å². The Labute approximate surface area is 96.4 Å². The maximum absolute atomic E-state index is 6.09. The maximum Gasteiger partial charge on any atom is 0.0827 e. The van der Waals surface area contributed by atoms with Crippen LogP contribution in [0.2, 0.25) is 0 Å². The smallest absolute Gasteiger partial charge is 0.0827 e. The SMILES string of the molecule is Cc1nn(C)cc1N1C2CCC1CC(N)C2. The molecule has 2 N–H and O–H groups in total. The molecule has 3 heterocycles. The molecule has 0 radical (unpaired) electrons. The van der Waals surface area contributed by atoms with E-state index in [2.05, 4.69) is 23.1 Å². The largest absolute Gasteiger partial charge is 0.363 e. The summed E-state index contributed by atoms with van der Waals surface area (Å²) in [5, 5.41) is 4.45. The van der Waals surface area contributed by atoms with Crippen molar-refractivity contribution in [2.24, 2.45) is 12.8 Å². The molecule has 3 rings (SSSR count). The Morgan fingerprint density at radius 1 is 1.31 bits per heavy atom. The molecule has 2 bridgehead atoms. The van der Waals surface area contributed by atoms with E-state index in [-0.39, 0.29) is 0 Å². The average molecular weight is 220 g/mol. The highest BCUT2D eigenvalue weighted by Crippen LogP contribution is 2.39. The molecule has 0 amide bonds. The predicted octanol–water partition coefficient (Wildman–Crippen LogP) is 1.19. The lowest BCUT2D eigenvalue weighted by molar-refractivity contribution is 0.414. The molecular weight excluding hydrogens is 200 g/mol. The fourth-order valence-electron chi connectivity index (χ4n) is 3.45. The van der Waals surface area contributed by atoms with Gasteiger partial charge in [-0.15, -0.1) is 0 Å². The van der Waals surface area contributed by atoms with E-state index in [4.69, 9.17) is 5.73 Å². The van der Waals surface area contributed by atoms with Crippen molar-refractivity contribution in [1.29, 1.82) is 0 Å². The summed E-state index contributed by atoms with van der Waals surface area (Å²) in [5.41, 5.74) is 8.56. The zero-order chi connectivity index (χ0) is 11.3. The van der Waals surface area contributed by atoms with Gasteiger partial charge in [-0.3, -0.25) is 4.68 Å². The molecule has 0 aliphatic carbocycles. The summed E-state index contributed by atoms with van der Waals surface area (Å²) in [6.07, 6.45) is 7.03. The number of aryl methyl sites for hydroxylation is 2. The number of fused-ring (bicyclic) bond motifs is 2. The first-order valence-corrected chi connectivity index (χ1v) is 6.19. The van der Waals surface area contributed by atoms with Crippen molar-refractivity contribution in [2.45, 2.75) is 50.7 Å². The van der Waals surface area contributed by atoms with E-state index in [1.807, 2.05) is 11.7 Å². The summed E-state index contributed by atoms with van der Waals surface area (Å²) < 4.78 is 1.92. The number of nitrogens with zero attached hydrogens (tertiary/aromatic N) is 3. The van der Waals surface area contributed by atoms with E-state index < -0.39 is 0 Å². The molecule has 0 saturated carbocycles. The first kappa shape index (κ1) is 10.1. The number of nitrogens with two attached hydrogens (primary N) is 1. The molecule has 4 heteroatoms. The summed E-state index contributed by atoms with van der Waals surface area (Å²) in [5.74, 6) is 0. The molecule has 2 aliphatic rings. The van der Waals surface area contributed by atoms with Crippen molar-refractivity contribution in [2.75, 3.05) is 4.90 Å². The van der Waals surface area contributed by atoms with Crippen LogP contribution in [0.1, 0.15) is 31.4 Å². The molecule has 2 unspecified atom stereocenters. The van der Waals surface area contributed by atoms with Crippen LogP contribution in [-0.4, -0.2) is 27.9 Å². The zero-order valence-corrected chi connectivity index (χ0v) is 10.1. The van der Waals surface area contributed by atoms with Gasteiger partial charge in [0.05, 0.1) is 11.4 Å².